The first kappa shape index (κ1) is 16.0. The fourth-order valence-electron chi connectivity index (χ4n) is 4.00. The number of fused-ring (bicyclic) bond motifs is 1. The summed E-state index contributed by atoms with van der Waals surface area (Å²) in [6.07, 6.45) is 3.27. The van der Waals surface area contributed by atoms with E-state index in [4.69, 9.17) is 9.57 Å². The molecule has 3 aliphatic heterocycles. The maximum Gasteiger partial charge on any atom is 0.275 e. The molecule has 0 N–H and O–H groups in total. The highest BCUT2D eigenvalue weighted by atomic mass is 19.1. The van der Waals surface area contributed by atoms with E-state index in [1.165, 1.54) is 17.2 Å². The van der Waals surface area contributed by atoms with Crippen molar-refractivity contribution in [3.8, 4) is 0 Å². The van der Waals surface area contributed by atoms with Gasteiger partial charge in [-0.1, -0.05) is 12.1 Å². The standard InChI is InChI=1S/C18H23FN2O3/c19-14-4-2-13(3-5-14)12-20-10-8-16-15(20)6-7-17(24-16)18(22)21-9-1-11-23-21/h2-5,15-17H,1,6-12H2/t15-,16-,17-/m1/s1. The van der Waals surface area contributed by atoms with Crippen molar-refractivity contribution in [1.82, 2.24) is 9.96 Å². The van der Waals surface area contributed by atoms with Crippen LogP contribution in [0.4, 0.5) is 4.39 Å². The molecule has 1 aromatic rings. The zero-order chi connectivity index (χ0) is 16.5. The van der Waals surface area contributed by atoms with Gasteiger partial charge in [-0.15, -0.1) is 0 Å². The number of ether oxygens (including phenoxy) is 1. The summed E-state index contributed by atoms with van der Waals surface area (Å²) in [6, 6.07) is 7.03. The van der Waals surface area contributed by atoms with E-state index < -0.39 is 0 Å². The lowest BCUT2D eigenvalue weighted by molar-refractivity contribution is -0.189. The van der Waals surface area contributed by atoms with E-state index in [0.717, 1.165) is 44.3 Å². The Morgan fingerprint density at radius 1 is 1.17 bits per heavy atom. The summed E-state index contributed by atoms with van der Waals surface area (Å²) >= 11 is 0. The monoisotopic (exact) mass is 334 g/mol. The number of nitrogens with zero attached hydrogens (tertiary/aromatic N) is 2. The number of amides is 1. The van der Waals surface area contributed by atoms with Crippen molar-refractivity contribution in [3.05, 3.63) is 35.6 Å². The number of hydrogen-bond donors (Lipinski definition) is 0. The maximum atomic E-state index is 13.0. The average Bonchev–Trinajstić information content (AvgIpc) is 3.26. The highest BCUT2D eigenvalue weighted by Crippen LogP contribution is 2.33. The zero-order valence-corrected chi connectivity index (χ0v) is 13.7. The van der Waals surface area contributed by atoms with Crippen molar-refractivity contribution in [1.29, 1.82) is 0 Å². The van der Waals surface area contributed by atoms with E-state index in [1.54, 1.807) is 0 Å². The first-order valence-electron chi connectivity index (χ1n) is 8.79. The van der Waals surface area contributed by atoms with Crippen LogP contribution in [0.1, 0.15) is 31.2 Å². The number of rotatable bonds is 3. The number of carbonyl (C=O) groups excluding carboxylic acids is 1. The van der Waals surface area contributed by atoms with Crippen LogP contribution in [0.2, 0.25) is 0 Å². The summed E-state index contributed by atoms with van der Waals surface area (Å²) < 4.78 is 19.1. The Hall–Kier alpha value is -1.50. The molecule has 6 heteroatoms. The first-order valence-corrected chi connectivity index (χ1v) is 8.79. The van der Waals surface area contributed by atoms with E-state index in [2.05, 4.69) is 4.90 Å². The van der Waals surface area contributed by atoms with Gasteiger partial charge in [-0.2, -0.15) is 0 Å². The Kier molecular flexibility index (Phi) is 4.52. The van der Waals surface area contributed by atoms with Gasteiger partial charge in [0, 0.05) is 19.1 Å². The number of hydroxylamine groups is 2. The van der Waals surface area contributed by atoms with Gasteiger partial charge < -0.3 is 4.74 Å². The highest BCUT2D eigenvalue weighted by Gasteiger charge is 2.43. The van der Waals surface area contributed by atoms with E-state index >= 15 is 0 Å². The lowest BCUT2D eigenvalue weighted by Gasteiger charge is -2.36. The van der Waals surface area contributed by atoms with E-state index in [0.29, 0.717) is 19.2 Å². The minimum Gasteiger partial charge on any atom is -0.363 e. The number of halogens is 1. The van der Waals surface area contributed by atoms with Gasteiger partial charge in [0.05, 0.1) is 19.3 Å². The van der Waals surface area contributed by atoms with Crippen LogP contribution >= 0.6 is 0 Å². The fourth-order valence-corrected chi connectivity index (χ4v) is 4.00. The van der Waals surface area contributed by atoms with Crippen LogP contribution < -0.4 is 0 Å². The molecule has 0 aliphatic carbocycles. The number of hydrogen-bond acceptors (Lipinski definition) is 4. The topological polar surface area (TPSA) is 42.0 Å². The summed E-state index contributed by atoms with van der Waals surface area (Å²) in [4.78, 5) is 20.2. The largest absolute Gasteiger partial charge is 0.363 e. The van der Waals surface area contributed by atoms with E-state index in [1.807, 2.05) is 12.1 Å². The van der Waals surface area contributed by atoms with Crippen molar-refractivity contribution < 1.29 is 18.8 Å². The minimum atomic E-state index is -0.366. The third-order valence-corrected chi connectivity index (χ3v) is 5.24. The summed E-state index contributed by atoms with van der Waals surface area (Å²) in [5.41, 5.74) is 1.11. The molecule has 130 valence electrons. The molecular weight excluding hydrogens is 311 g/mol. The van der Waals surface area contributed by atoms with Crippen molar-refractivity contribution in [3.63, 3.8) is 0 Å². The molecule has 0 saturated carbocycles. The third-order valence-electron chi connectivity index (χ3n) is 5.24. The average molecular weight is 334 g/mol. The van der Waals surface area contributed by atoms with Gasteiger partial charge in [-0.3, -0.25) is 14.5 Å². The SMILES string of the molecule is O=C([C@H]1CC[C@@H]2[C@@H](CCN2Cc2ccc(F)cc2)O1)N1CCCO1. The van der Waals surface area contributed by atoms with Crippen LogP contribution in [0.25, 0.3) is 0 Å². The molecule has 3 fully saturated rings. The van der Waals surface area contributed by atoms with Crippen LogP contribution in [0, 0.1) is 5.82 Å². The normalized spacial score (nSPS) is 30.5. The molecule has 0 aromatic heterocycles. The number of likely N-dealkylation sites (tertiary alicyclic amines) is 1. The van der Waals surface area contributed by atoms with Gasteiger partial charge in [-0.25, -0.2) is 9.45 Å². The lowest BCUT2D eigenvalue weighted by Crippen LogP contribution is -2.48. The maximum absolute atomic E-state index is 13.0. The Morgan fingerprint density at radius 3 is 2.75 bits per heavy atom. The second kappa shape index (κ2) is 6.78. The molecule has 5 nitrogen and oxygen atoms in total. The van der Waals surface area contributed by atoms with Crippen LogP contribution in [0.3, 0.4) is 0 Å². The van der Waals surface area contributed by atoms with Gasteiger partial charge in [-0.05, 0) is 43.4 Å². The van der Waals surface area contributed by atoms with E-state index in [-0.39, 0.29) is 23.9 Å². The quantitative estimate of drug-likeness (QED) is 0.849. The molecule has 3 saturated heterocycles. The van der Waals surface area contributed by atoms with Gasteiger partial charge in [0.15, 0.2) is 0 Å². The Labute approximate surface area is 141 Å². The Bertz CT molecular complexity index is 588. The van der Waals surface area contributed by atoms with Crippen molar-refractivity contribution in [2.24, 2.45) is 0 Å². The summed E-state index contributed by atoms with van der Waals surface area (Å²) in [5.74, 6) is -0.229. The molecule has 0 radical (unpaired) electrons. The zero-order valence-electron chi connectivity index (χ0n) is 13.7. The van der Waals surface area contributed by atoms with Crippen molar-refractivity contribution >= 4 is 5.91 Å². The first-order chi connectivity index (χ1) is 11.7. The summed E-state index contributed by atoms with van der Waals surface area (Å²) in [7, 11) is 0. The van der Waals surface area contributed by atoms with Crippen LogP contribution in [-0.4, -0.2) is 53.8 Å². The lowest BCUT2D eigenvalue weighted by atomic mass is 9.98. The molecule has 3 atom stereocenters. The van der Waals surface area contributed by atoms with Crippen LogP contribution in [-0.2, 0) is 20.9 Å². The van der Waals surface area contributed by atoms with Crippen molar-refractivity contribution in [2.45, 2.75) is 50.5 Å². The van der Waals surface area contributed by atoms with E-state index in [9.17, 15) is 9.18 Å². The van der Waals surface area contributed by atoms with Crippen LogP contribution in [0.5, 0.6) is 0 Å². The molecule has 3 aliphatic rings. The number of carbonyl (C=O) groups is 1. The second-order valence-electron chi connectivity index (χ2n) is 6.82. The summed E-state index contributed by atoms with van der Waals surface area (Å²) in [5, 5.41) is 1.47. The molecule has 0 unspecified atom stereocenters. The second-order valence-corrected chi connectivity index (χ2v) is 6.82. The molecule has 1 amide bonds. The molecular formula is C18H23FN2O3. The molecule has 1 aromatic carbocycles. The highest BCUT2D eigenvalue weighted by molar-refractivity contribution is 5.80. The molecule has 0 spiro atoms. The van der Waals surface area contributed by atoms with Crippen molar-refractivity contribution in [2.75, 3.05) is 19.7 Å². The molecule has 4 rings (SSSR count). The molecule has 24 heavy (non-hydrogen) atoms. The van der Waals surface area contributed by atoms with Crippen LogP contribution in [0.15, 0.2) is 24.3 Å². The predicted molar refractivity (Wildman–Crippen MR) is 85.4 cm³/mol. The van der Waals surface area contributed by atoms with Gasteiger partial charge in [0.2, 0.25) is 0 Å². The molecule has 3 heterocycles. The minimum absolute atomic E-state index is 0.0251. The fraction of sp³-hybridized carbons (Fsp3) is 0.611. The van der Waals surface area contributed by atoms with Gasteiger partial charge in [0.25, 0.3) is 5.91 Å². The molecule has 0 bridgehead atoms. The predicted octanol–water partition coefficient (Wildman–Crippen LogP) is 2.11. The van der Waals surface area contributed by atoms with Gasteiger partial charge >= 0.3 is 0 Å². The Morgan fingerprint density at radius 2 is 2.00 bits per heavy atom. The summed E-state index contributed by atoms with van der Waals surface area (Å²) in [6.45, 7) is 3.05. The third kappa shape index (κ3) is 3.18. The smallest absolute Gasteiger partial charge is 0.275 e. The van der Waals surface area contributed by atoms with Gasteiger partial charge in [0.1, 0.15) is 11.9 Å². The number of benzene rings is 1. The Balaban J connectivity index is 1.35.